The van der Waals surface area contributed by atoms with E-state index in [0.29, 0.717) is 19.6 Å². The number of aliphatic hydroxyl groups is 1. The smallest absolute Gasteiger partial charge is 0.154 e. The molecule has 0 aliphatic carbocycles. The van der Waals surface area contributed by atoms with E-state index in [4.69, 9.17) is 15.2 Å². The molecule has 1 saturated heterocycles. The molecule has 1 aliphatic rings. The predicted molar refractivity (Wildman–Crippen MR) is 76.4 cm³/mol. The molecule has 1 rings (SSSR count). The van der Waals surface area contributed by atoms with Crippen molar-refractivity contribution in [3.63, 3.8) is 0 Å². The van der Waals surface area contributed by atoms with Crippen LogP contribution in [0.2, 0.25) is 0 Å². The number of nitrogens with zero attached hydrogens (tertiary/aromatic N) is 1. The molecule has 1 fully saturated rings. The Morgan fingerprint density at radius 2 is 2.10 bits per heavy atom. The fraction of sp³-hybridized carbons (Fsp3) is 0.929. The number of Topliss-reactive ketones (excluding diaryl/α,β-unsaturated/α-hetero) is 1. The van der Waals surface area contributed by atoms with E-state index < -0.39 is 6.04 Å². The van der Waals surface area contributed by atoms with Gasteiger partial charge in [-0.1, -0.05) is 6.04 Å². The second kappa shape index (κ2) is 10.6. The number of nitrogens with one attached hydrogen (secondary N) is 1. The fourth-order valence-corrected chi connectivity index (χ4v) is 3.01. The molecule has 1 heterocycles. The van der Waals surface area contributed by atoms with Gasteiger partial charge in [0.15, 0.2) is 6.29 Å². The summed E-state index contributed by atoms with van der Waals surface area (Å²) in [6.45, 7) is 6.13. The normalized spacial score (nSPS) is 29.0. The SMILES string of the molecule is CCOC(C)OC[C@@H]1C[C@H](C(C)=O)N(C)[C@H]1C([NH-])CO.[Ac]. The maximum Gasteiger partial charge on any atom is 0.154 e. The van der Waals surface area contributed by atoms with E-state index in [1.54, 1.807) is 6.92 Å². The van der Waals surface area contributed by atoms with Crippen molar-refractivity contribution in [2.24, 2.45) is 5.92 Å². The standard InChI is InChI=1S/C14H27N2O4.Ac/c1-5-19-10(3)20-8-11-6-13(9(2)18)16(4)14(11)12(15)7-17;/h10-15,17H,5-8H2,1-4H3;/q-1;/t10?,11-,12?,13+,14+;/m0./s1. The summed E-state index contributed by atoms with van der Waals surface area (Å²) in [4.78, 5) is 13.6. The average Bonchev–Trinajstić information content (AvgIpc) is 2.73. The van der Waals surface area contributed by atoms with Gasteiger partial charge in [0.1, 0.15) is 5.78 Å². The van der Waals surface area contributed by atoms with Crippen LogP contribution in [-0.2, 0) is 14.3 Å². The molecular weight excluding hydrogens is 487 g/mol. The zero-order valence-electron chi connectivity index (χ0n) is 13.4. The summed E-state index contributed by atoms with van der Waals surface area (Å²) in [7, 11) is 1.85. The molecule has 7 heteroatoms. The van der Waals surface area contributed by atoms with E-state index in [9.17, 15) is 9.90 Å². The molecule has 0 amide bonds. The number of aliphatic hydroxyl groups excluding tert-OH is 1. The predicted octanol–water partition coefficient (Wildman–Crippen LogP) is 1.08. The van der Waals surface area contributed by atoms with Crippen LogP contribution in [0, 0.1) is 50.0 Å². The molecule has 1 radical (unpaired) electrons. The Morgan fingerprint density at radius 3 is 2.57 bits per heavy atom. The Hall–Kier alpha value is 0.912. The Kier molecular flexibility index (Phi) is 11.1. The van der Waals surface area contributed by atoms with Gasteiger partial charge in [0.25, 0.3) is 0 Å². The molecule has 6 nitrogen and oxygen atoms in total. The molecule has 0 spiro atoms. The molecule has 2 unspecified atom stereocenters. The number of likely N-dealkylation sites (N-methyl/N-ethyl adjacent to an activating group) is 1. The molecule has 0 aromatic rings. The average molecular weight is 514 g/mol. The van der Waals surface area contributed by atoms with Crippen LogP contribution >= 0.6 is 0 Å². The van der Waals surface area contributed by atoms with Crippen LogP contribution in [0.5, 0.6) is 0 Å². The second-order valence-electron chi connectivity index (χ2n) is 5.42. The van der Waals surface area contributed by atoms with Crippen LogP contribution in [0.4, 0.5) is 0 Å². The molecule has 121 valence electrons. The summed E-state index contributed by atoms with van der Waals surface area (Å²) in [6.07, 6.45) is 0.380. The third-order valence-corrected chi connectivity index (χ3v) is 4.00. The number of ether oxygens (including phenoxy) is 2. The van der Waals surface area contributed by atoms with Crippen LogP contribution in [-0.4, -0.2) is 67.1 Å². The van der Waals surface area contributed by atoms with Gasteiger partial charge in [-0.05, 0) is 40.2 Å². The number of ketones is 1. The summed E-state index contributed by atoms with van der Waals surface area (Å²) in [5, 5.41) is 9.25. The van der Waals surface area contributed by atoms with Crippen molar-refractivity contribution in [2.45, 2.75) is 51.6 Å². The summed E-state index contributed by atoms with van der Waals surface area (Å²) >= 11 is 0. The van der Waals surface area contributed by atoms with Crippen molar-refractivity contribution in [3.8, 4) is 0 Å². The maximum absolute atomic E-state index is 11.7. The third kappa shape index (κ3) is 6.14. The second-order valence-corrected chi connectivity index (χ2v) is 5.42. The molecule has 0 aromatic carbocycles. The number of hydrogen-bond acceptors (Lipinski definition) is 5. The van der Waals surface area contributed by atoms with Crippen LogP contribution in [0.25, 0.3) is 5.73 Å². The van der Waals surface area contributed by atoms with Gasteiger partial charge < -0.3 is 20.3 Å². The van der Waals surface area contributed by atoms with Crippen molar-refractivity contribution in [1.82, 2.24) is 4.90 Å². The minimum atomic E-state index is -0.625. The zero-order chi connectivity index (χ0) is 15.3. The minimum Gasteiger partial charge on any atom is -0.672 e. The first-order valence-corrected chi connectivity index (χ1v) is 7.19. The van der Waals surface area contributed by atoms with E-state index >= 15 is 0 Å². The van der Waals surface area contributed by atoms with E-state index in [-0.39, 0.29) is 80.7 Å². The van der Waals surface area contributed by atoms with Gasteiger partial charge in [-0.15, -0.1) is 0 Å². The number of likely N-dealkylation sites (tertiary alicyclic amines) is 1. The van der Waals surface area contributed by atoms with Gasteiger partial charge >= 0.3 is 0 Å². The van der Waals surface area contributed by atoms with Crippen LogP contribution in [0.3, 0.4) is 0 Å². The molecule has 5 atom stereocenters. The van der Waals surface area contributed by atoms with Crippen LogP contribution in [0.1, 0.15) is 27.2 Å². The zero-order valence-corrected chi connectivity index (χ0v) is 18.2. The van der Waals surface area contributed by atoms with Crippen LogP contribution < -0.4 is 0 Å². The summed E-state index contributed by atoms with van der Waals surface area (Å²) < 4.78 is 11.0. The minimum absolute atomic E-state index is 0. The van der Waals surface area contributed by atoms with Crippen molar-refractivity contribution in [2.75, 3.05) is 26.9 Å². The van der Waals surface area contributed by atoms with Crippen molar-refractivity contribution < 1.29 is 63.4 Å². The number of carbonyl (C=O) groups excluding carboxylic acids is 1. The van der Waals surface area contributed by atoms with Gasteiger partial charge in [-0.3, -0.25) is 9.69 Å². The van der Waals surface area contributed by atoms with E-state index in [0.717, 1.165) is 0 Å². The number of hydrogen-bond donors (Lipinski definition) is 1. The van der Waals surface area contributed by atoms with Crippen molar-refractivity contribution in [3.05, 3.63) is 5.73 Å². The van der Waals surface area contributed by atoms with E-state index in [1.807, 2.05) is 25.8 Å². The molecule has 0 saturated carbocycles. The Labute approximate surface area is 163 Å². The Bertz CT molecular complexity index is 319. The topological polar surface area (TPSA) is 82.8 Å². The molecule has 21 heavy (non-hydrogen) atoms. The molecular formula is C14H27AcN2O4-. The summed E-state index contributed by atoms with van der Waals surface area (Å²) in [5.41, 5.74) is 7.99. The quantitative estimate of drug-likeness (QED) is 0.491. The van der Waals surface area contributed by atoms with Crippen LogP contribution in [0.15, 0.2) is 0 Å². The van der Waals surface area contributed by atoms with E-state index in [2.05, 4.69) is 0 Å². The number of rotatable bonds is 8. The number of carbonyl (C=O) groups is 1. The van der Waals surface area contributed by atoms with Gasteiger partial charge in [0, 0.05) is 63.3 Å². The summed E-state index contributed by atoms with van der Waals surface area (Å²) in [5.74, 6) is 0.162. The van der Waals surface area contributed by atoms with Gasteiger partial charge in [0.05, 0.1) is 12.6 Å². The summed E-state index contributed by atoms with van der Waals surface area (Å²) in [6, 6.07) is -0.974. The van der Waals surface area contributed by atoms with Gasteiger partial charge in [-0.2, -0.15) is 0 Å². The third-order valence-electron chi connectivity index (χ3n) is 4.00. The van der Waals surface area contributed by atoms with E-state index in [1.165, 1.54) is 0 Å². The van der Waals surface area contributed by atoms with Crippen molar-refractivity contribution >= 4 is 5.78 Å². The van der Waals surface area contributed by atoms with Gasteiger partial charge in [0.2, 0.25) is 0 Å². The molecule has 0 aromatic heterocycles. The first-order chi connectivity index (χ1) is 9.42. The Balaban J connectivity index is 0.00000400. The van der Waals surface area contributed by atoms with Gasteiger partial charge in [-0.25, -0.2) is 0 Å². The Morgan fingerprint density at radius 1 is 1.48 bits per heavy atom. The first kappa shape index (κ1) is 21.9. The molecule has 2 N–H and O–H groups in total. The first-order valence-electron chi connectivity index (χ1n) is 7.19. The molecule has 0 bridgehead atoms. The maximum atomic E-state index is 11.7. The largest absolute Gasteiger partial charge is 0.672 e. The van der Waals surface area contributed by atoms with Crippen molar-refractivity contribution in [1.29, 1.82) is 0 Å². The molecule has 1 aliphatic heterocycles. The monoisotopic (exact) mass is 514 g/mol. The fourth-order valence-electron chi connectivity index (χ4n) is 3.01.